The molecule has 0 radical (unpaired) electrons. The van der Waals surface area contributed by atoms with Gasteiger partial charge >= 0.3 is 0 Å². The van der Waals surface area contributed by atoms with Crippen LogP contribution in [-0.2, 0) is 9.63 Å². The fourth-order valence-corrected chi connectivity index (χ4v) is 1.60. The third kappa shape index (κ3) is 4.09. The van der Waals surface area contributed by atoms with Crippen LogP contribution in [0.25, 0.3) is 0 Å². The van der Waals surface area contributed by atoms with Crippen LogP contribution in [0.3, 0.4) is 0 Å². The molecule has 0 fully saturated rings. The average Bonchev–Trinajstić information content (AvgIpc) is 2.63. The monoisotopic (exact) mass is 227 g/mol. The Balaban J connectivity index is 2.42. The fraction of sp³-hybridized carbons (Fsp3) is 0.333. The van der Waals surface area contributed by atoms with Gasteiger partial charge in [0.05, 0.1) is 13.3 Å². The molecular formula is C9H13N3O2S. The third-order valence-electron chi connectivity index (χ3n) is 1.53. The van der Waals surface area contributed by atoms with Crippen molar-refractivity contribution in [3.05, 3.63) is 18.9 Å². The maximum Gasteiger partial charge on any atom is 0.226 e. The predicted octanol–water partition coefficient (Wildman–Crippen LogP) is 2.02. The predicted molar refractivity (Wildman–Crippen MR) is 60.8 cm³/mol. The number of carbonyl (C=O) groups is 1. The molecular weight excluding hydrogens is 214 g/mol. The van der Waals surface area contributed by atoms with Crippen LogP contribution in [0.1, 0.15) is 12.8 Å². The Morgan fingerprint density at radius 2 is 2.60 bits per heavy atom. The number of nitrogens with one attached hydrogen (secondary N) is 2. The zero-order chi connectivity index (χ0) is 11.1. The van der Waals surface area contributed by atoms with E-state index in [1.165, 1.54) is 18.4 Å². The van der Waals surface area contributed by atoms with Crippen LogP contribution in [0, 0.1) is 0 Å². The maximum absolute atomic E-state index is 11.3. The molecule has 0 aliphatic rings. The summed E-state index contributed by atoms with van der Waals surface area (Å²) in [5.41, 5.74) is 2.63. The smallest absolute Gasteiger partial charge is 0.226 e. The summed E-state index contributed by atoms with van der Waals surface area (Å²) in [6.07, 6.45) is 4.40. The van der Waals surface area contributed by atoms with Crippen LogP contribution in [0.5, 0.6) is 0 Å². The lowest BCUT2D eigenvalue weighted by atomic mass is 10.3. The number of hydrogen-bond donors (Lipinski definition) is 2. The van der Waals surface area contributed by atoms with Crippen molar-refractivity contribution in [1.29, 1.82) is 0 Å². The summed E-state index contributed by atoms with van der Waals surface area (Å²) in [7, 11) is 1.52. The van der Waals surface area contributed by atoms with Gasteiger partial charge in [0.15, 0.2) is 5.13 Å². The number of aromatic nitrogens is 1. The normalized spacial score (nSPS) is 9.67. The summed E-state index contributed by atoms with van der Waals surface area (Å²) in [6.45, 7) is 3.55. The summed E-state index contributed by atoms with van der Waals surface area (Å²) in [5.74, 6) is -0.0618. The highest BCUT2D eigenvalue weighted by molar-refractivity contribution is 7.19. The molecule has 1 heterocycles. The van der Waals surface area contributed by atoms with Gasteiger partial charge in [0.25, 0.3) is 0 Å². The van der Waals surface area contributed by atoms with E-state index in [9.17, 15) is 4.79 Å². The Morgan fingerprint density at radius 3 is 3.27 bits per heavy atom. The molecule has 6 heteroatoms. The first kappa shape index (κ1) is 11.7. The van der Waals surface area contributed by atoms with Crippen molar-refractivity contribution >= 4 is 27.4 Å². The molecule has 15 heavy (non-hydrogen) atoms. The van der Waals surface area contributed by atoms with Crippen molar-refractivity contribution < 1.29 is 9.63 Å². The van der Waals surface area contributed by atoms with E-state index in [1.54, 1.807) is 12.3 Å². The maximum atomic E-state index is 11.3. The fourth-order valence-electron chi connectivity index (χ4n) is 0.895. The SMILES string of the molecule is C=CCCC(=O)Nc1ncc(NOC)s1. The van der Waals surface area contributed by atoms with Gasteiger partial charge in [-0.25, -0.2) is 4.98 Å². The van der Waals surface area contributed by atoms with Gasteiger partial charge < -0.3 is 5.32 Å². The Morgan fingerprint density at radius 1 is 1.80 bits per heavy atom. The van der Waals surface area contributed by atoms with E-state index in [4.69, 9.17) is 4.84 Å². The van der Waals surface area contributed by atoms with Gasteiger partial charge in [-0.15, -0.1) is 6.58 Å². The van der Waals surface area contributed by atoms with Gasteiger partial charge in [0, 0.05) is 6.42 Å². The van der Waals surface area contributed by atoms with Crippen molar-refractivity contribution in [2.24, 2.45) is 0 Å². The van der Waals surface area contributed by atoms with Gasteiger partial charge in [0.2, 0.25) is 5.91 Å². The Labute approximate surface area is 92.1 Å². The van der Waals surface area contributed by atoms with Crippen molar-refractivity contribution in [3.63, 3.8) is 0 Å². The van der Waals surface area contributed by atoms with Gasteiger partial charge in [-0.2, -0.15) is 0 Å². The first-order valence-corrected chi connectivity index (χ1v) is 5.23. The van der Waals surface area contributed by atoms with Crippen LogP contribution < -0.4 is 10.8 Å². The van der Waals surface area contributed by atoms with E-state index >= 15 is 0 Å². The quantitative estimate of drug-likeness (QED) is 0.576. The van der Waals surface area contributed by atoms with Crippen LogP contribution >= 0.6 is 11.3 Å². The number of carbonyl (C=O) groups excluding carboxylic acids is 1. The number of thiazole rings is 1. The topological polar surface area (TPSA) is 63.2 Å². The van der Waals surface area contributed by atoms with Gasteiger partial charge in [-0.3, -0.25) is 15.1 Å². The number of amides is 1. The Bertz CT molecular complexity index is 338. The third-order valence-corrected chi connectivity index (χ3v) is 2.34. The molecule has 1 amide bonds. The molecule has 0 aliphatic carbocycles. The highest BCUT2D eigenvalue weighted by Crippen LogP contribution is 2.22. The van der Waals surface area contributed by atoms with Crippen molar-refractivity contribution in [3.8, 4) is 0 Å². The minimum absolute atomic E-state index is 0.0618. The highest BCUT2D eigenvalue weighted by Gasteiger charge is 2.05. The molecule has 82 valence electrons. The zero-order valence-corrected chi connectivity index (χ0v) is 9.26. The number of nitrogens with zero attached hydrogens (tertiary/aromatic N) is 1. The summed E-state index contributed by atoms with van der Waals surface area (Å²) < 4.78 is 0. The summed E-state index contributed by atoms with van der Waals surface area (Å²) in [6, 6.07) is 0. The number of rotatable bonds is 6. The Hall–Kier alpha value is -1.40. The summed E-state index contributed by atoms with van der Waals surface area (Å²) in [5, 5.41) is 3.99. The molecule has 0 aliphatic heterocycles. The van der Waals surface area contributed by atoms with E-state index in [0.29, 0.717) is 18.0 Å². The number of anilines is 2. The molecule has 0 saturated heterocycles. The molecule has 0 bridgehead atoms. The van der Waals surface area contributed by atoms with Gasteiger partial charge in [-0.1, -0.05) is 17.4 Å². The molecule has 0 atom stereocenters. The average molecular weight is 227 g/mol. The summed E-state index contributed by atoms with van der Waals surface area (Å²) in [4.78, 5) is 20.0. The van der Waals surface area contributed by atoms with E-state index in [-0.39, 0.29) is 5.91 Å². The van der Waals surface area contributed by atoms with E-state index in [2.05, 4.69) is 22.4 Å². The van der Waals surface area contributed by atoms with Crippen LogP contribution in [0.4, 0.5) is 10.1 Å². The van der Waals surface area contributed by atoms with Gasteiger partial charge in [-0.05, 0) is 6.42 Å². The van der Waals surface area contributed by atoms with Crippen LogP contribution in [-0.4, -0.2) is 18.0 Å². The van der Waals surface area contributed by atoms with Crippen molar-refractivity contribution in [2.75, 3.05) is 17.9 Å². The lowest BCUT2D eigenvalue weighted by molar-refractivity contribution is -0.116. The highest BCUT2D eigenvalue weighted by atomic mass is 32.1. The number of allylic oxidation sites excluding steroid dienone is 1. The minimum Gasteiger partial charge on any atom is -0.302 e. The van der Waals surface area contributed by atoms with Crippen molar-refractivity contribution in [2.45, 2.75) is 12.8 Å². The zero-order valence-electron chi connectivity index (χ0n) is 8.45. The first-order valence-electron chi connectivity index (χ1n) is 4.42. The lowest BCUT2D eigenvalue weighted by Crippen LogP contribution is -2.10. The molecule has 2 N–H and O–H groups in total. The molecule has 0 saturated carbocycles. The second-order valence-electron chi connectivity index (χ2n) is 2.71. The van der Waals surface area contributed by atoms with E-state index in [1.807, 2.05) is 0 Å². The van der Waals surface area contributed by atoms with Crippen LogP contribution in [0.15, 0.2) is 18.9 Å². The second kappa shape index (κ2) is 6.15. The molecule has 1 rings (SSSR count). The molecule has 0 aromatic carbocycles. The number of hydrogen-bond acceptors (Lipinski definition) is 5. The van der Waals surface area contributed by atoms with Crippen LogP contribution in [0.2, 0.25) is 0 Å². The largest absolute Gasteiger partial charge is 0.302 e. The van der Waals surface area contributed by atoms with Gasteiger partial charge in [0.1, 0.15) is 5.00 Å². The first-order chi connectivity index (χ1) is 7.26. The van der Waals surface area contributed by atoms with Crippen molar-refractivity contribution in [1.82, 2.24) is 4.98 Å². The lowest BCUT2D eigenvalue weighted by Gasteiger charge is -1.98. The van der Waals surface area contributed by atoms with E-state index < -0.39 is 0 Å². The molecule has 1 aromatic heterocycles. The van der Waals surface area contributed by atoms with E-state index in [0.717, 1.165) is 5.00 Å². The second-order valence-corrected chi connectivity index (χ2v) is 3.74. The molecule has 0 unspecified atom stereocenters. The molecule has 1 aromatic rings. The molecule has 0 spiro atoms. The summed E-state index contributed by atoms with van der Waals surface area (Å²) >= 11 is 1.31. The minimum atomic E-state index is -0.0618. The Kier molecular flexibility index (Phi) is 4.79. The standard InChI is InChI=1S/C9H13N3O2S/c1-3-4-5-7(13)11-9-10-6-8(15-9)12-14-2/h3,6,12H,1,4-5H2,2H3,(H,10,11,13). The molecule has 5 nitrogen and oxygen atoms in total.